The normalized spacial score (nSPS) is 21.9. The molecule has 2 fully saturated rings. The van der Waals surface area contributed by atoms with Crippen LogP contribution in [0.3, 0.4) is 0 Å². The number of rotatable bonds is 7. The third-order valence-corrected chi connectivity index (χ3v) is 8.15. The van der Waals surface area contributed by atoms with Crippen LogP contribution in [0.2, 0.25) is 0 Å². The number of aromatic nitrogens is 2. The molecule has 2 saturated heterocycles. The van der Waals surface area contributed by atoms with Crippen LogP contribution in [0.4, 0.5) is 5.69 Å². The molecule has 42 heavy (non-hydrogen) atoms. The molecular formula is C34H38N4O4. The molecule has 8 nitrogen and oxygen atoms in total. The summed E-state index contributed by atoms with van der Waals surface area (Å²) in [4.78, 5) is 24.2. The van der Waals surface area contributed by atoms with E-state index in [0.717, 1.165) is 48.3 Å². The first-order valence-electron chi connectivity index (χ1n) is 15.0. The van der Waals surface area contributed by atoms with Gasteiger partial charge >= 0.3 is 0 Å². The standard InChI is InChI=1S/C34H38N4O4/c39-23-24-10-12-25(13-11-24)32-20-28(22-38-18-6-2-1-3-7-19-38)41-34(42-32)26-14-16-27(17-15-26)36-33(40)31-21-35-29-8-4-5-9-30(29)37-31/h4-5,8-17,21,28,32,34,39H,1-3,6-7,18-20,22-23H2,(H,36,40)/t28-,32+,34+/m0/s1. The van der Waals surface area contributed by atoms with E-state index in [4.69, 9.17) is 9.47 Å². The minimum absolute atomic E-state index is 0.0193. The Kier molecular flexibility index (Phi) is 9.15. The number of para-hydroxylation sites is 2. The molecule has 1 amide bonds. The molecule has 0 spiro atoms. The molecule has 0 bridgehead atoms. The number of ether oxygens (including phenoxy) is 2. The summed E-state index contributed by atoms with van der Waals surface area (Å²) in [7, 11) is 0. The van der Waals surface area contributed by atoms with Gasteiger partial charge in [0.05, 0.1) is 36.0 Å². The van der Waals surface area contributed by atoms with Gasteiger partial charge in [-0.3, -0.25) is 9.78 Å². The maximum atomic E-state index is 12.9. The minimum Gasteiger partial charge on any atom is -0.392 e. The summed E-state index contributed by atoms with van der Waals surface area (Å²) < 4.78 is 13.1. The molecule has 3 atom stereocenters. The lowest BCUT2D eigenvalue weighted by Gasteiger charge is -2.38. The van der Waals surface area contributed by atoms with Crippen molar-refractivity contribution in [2.45, 2.75) is 63.6 Å². The maximum Gasteiger partial charge on any atom is 0.275 e. The molecular weight excluding hydrogens is 528 g/mol. The predicted octanol–water partition coefficient (Wildman–Crippen LogP) is 6.19. The van der Waals surface area contributed by atoms with Crippen LogP contribution in [0.5, 0.6) is 0 Å². The average molecular weight is 567 g/mol. The number of hydrogen-bond donors (Lipinski definition) is 2. The van der Waals surface area contributed by atoms with E-state index >= 15 is 0 Å². The molecule has 8 heteroatoms. The smallest absolute Gasteiger partial charge is 0.275 e. The molecule has 3 heterocycles. The fraction of sp³-hybridized carbons (Fsp3) is 0.382. The molecule has 1 aromatic heterocycles. The predicted molar refractivity (Wildman–Crippen MR) is 162 cm³/mol. The Morgan fingerprint density at radius 1 is 0.857 bits per heavy atom. The number of aliphatic hydroxyl groups excluding tert-OH is 1. The molecule has 2 N–H and O–H groups in total. The number of carbonyl (C=O) groups excluding carboxylic acids is 1. The monoisotopic (exact) mass is 566 g/mol. The third kappa shape index (κ3) is 7.02. The van der Waals surface area contributed by atoms with Gasteiger partial charge in [-0.1, -0.05) is 67.8 Å². The number of anilines is 1. The minimum atomic E-state index is -0.530. The number of hydrogen-bond acceptors (Lipinski definition) is 7. The van der Waals surface area contributed by atoms with Crippen molar-refractivity contribution in [1.82, 2.24) is 14.9 Å². The van der Waals surface area contributed by atoms with E-state index < -0.39 is 6.29 Å². The van der Waals surface area contributed by atoms with E-state index in [9.17, 15) is 9.90 Å². The van der Waals surface area contributed by atoms with E-state index in [1.165, 1.54) is 38.3 Å². The highest BCUT2D eigenvalue weighted by Crippen LogP contribution is 2.38. The Balaban J connectivity index is 1.16. The van der Waals surface area contributed by atoms with Crippen molar-refractivity contribution in [3.63, 3.8) is 0 Å². The van der Waals surface area contributed by atoms with Crippen molar-refractivity contribution in [3.05, 3.63) is 101 Å². The lowest BCUT2D eigenvalue weighted by Crippen LogP contribution is -2.40. The van der Waals surface area contributed by atoms with Crippen molar-refractivity contribution in [3.8, 4) is 0 Å². The fourth-order valence-corrected chi connectivity index (χ4v) is 5.80. The Morgan fingerprint density at radius 2 is 1.55 bits per heavy atom. The van der Waals surface area contributed by atoms with Gasteiger partial charge in [-0.15, -0.1) is 0 Å². The summed E-state index contributed by atoms with van der Waals surface area (Å²) in [6.45, 7) is 3.12. The lowest BCUT2D eigenvalue weighted by atomic mass is 9.99. The number of aliphatic hydroxyl groups is 1. The highest BCUT2D eigenvalue weighted by atomic mass is 16.7. The van der Waals surface area contributed by atoms with Crippen LogP contribution in [-0.4, -0.2) is 51.6 Å². The van der Waals surface area contributed by atoms with E-state index in [1.54, 1.807) is 0 Å². The van der Waals surface area contributed by atoms with Crippen LogP contribution < -0.4 is 5.32 Å². The first-order valence-corrected chi connectivity index (χ1v) is 15.0. The third-order valence-electron chi connectivity index (χ3n) is 8.15. The molecule has 3 aromatic carbocycles. The Bertz CT molecular complexity index is 1470. The molecule has 4 aromatic rings. The Labute approximate surface area is 246 Å². The second-order valence-corrected chi connectivity index (χ2v) is 11.2. The maximum absolute atomic E-state index is 12.9. The number of amides is 1. The Hall–Kier alpha value is -3.69. The van der Waals surface area contributed by atoms with Gasteiger partial charge in [0.25, 0.3) is 5.91 Å². The van der Waals surface area contributed by atoms with Crippen LogP contribution in [0.1, 0.15) is 78.1 Å². The van der Waals surface area contributed by atoms with E-state index in [0.29, 0.717) is 11.2 Å². The van der Waals surface area contributed by atoms with Gasteiger partial charge in [-0.2, -0.15) is 0 Å². The summed E-state index contributed by atoms with van der Waals surface area (Å²) >= 11 is 0. The van der Waals surface area contributed by atoms with Gasteiger partial charge in [-0.25, -0.2) is 4.98 Å². The summed E-state index contributed by atoms with van der Waals surface area (Å²) in [6.07, 6.45) is 8.03. The largest absolute Gasteiger partial charge is 0.392 e. The van der Waals surface area contributed by atoms with Gasteiger partial charge in [0.2, 0.25) is 0 Å². The SMILES string of the molecule is O=C(Nc1ccc([C@@H]2O[C@H](CN3CCCCCCC3)C[C@H](c3ccc(CO)cc3)O2)cc1)c1cnc2ccccc2n1. The number of likely N-dealkylation sites (tertiary alicyclic amines) is 1. The van der Waals surface area contributed by atoms with Crippen molar-refractivity contribution in [2.24, 2.45) is 0 Å². The van der Waals surface area contributed by atoms with Crippen LogP contribution in [-0.2, 0) is 16.1 Å². The first kappa shape index (κ1) is 28.4. The summed E-state index contributed by atoms with van der Waals surface area (Å²) in [5.41, 5.74) is 5.20. The number of fused-ring (bicyclic) bond motifs is 1. The van der Waals surface area contributed by atoms with E-state index in [-0.39, 0.29) is 30.4 Å². The van der Waals surface area contributed by atoms with Crippen LogP contribution in [0.15, 0.2) is 79.0 Å². The van der Waals surface area contributed by atoms with Gasteiger partial charge in [0, 0.05) is 24.2 Å². The fourth-order valence-electron chi connectivity index (χ4n) is 5.80. The van der Waals surface area contributed by atoms with E-state index in [2.05, 4.69) is 20.2 Å². The number of carbonyl (C=O) groups is 1. The second-order valence-electron chi connectivity index (χ2n) is 11.2. The van der Waals surface area contributed by atoms with Crippen molar-refractivity contribution >= 4 is 22.6 Å². The molecule has 0 saturated carbocycles. The highest BCUT2D eigenvalue weighted by molar-refractivity contribution is 6.03. The van der Waals surface area contributed by atoms with Crippen molar-refractivity contribution < 1.29 is 19.4 Å². The van der Waals surface area contributed by atoms with Crippen LogP contribution in [0, 0.1) is 0 Å². The topological polar surface area (TPSA) is 96.8 Å². The molecule has 6 rings (SSSR count). The van der Waals surface area contributed by atoms with Gasteiger partial charge in [0.1, 0.15) is 5.69 Å². The molecule has 2 aliphatic heterocycles. The van der Waals surface area contributed by atoms with Gasteiger partial charge in [-0.05, 0) is 61.3 Å². The summed E-state index contributed by atoms with van der Waals surface area (Å²) in [5, 5.41) is 12.4. The summed E-state index contributed by atoms with van der Waals surface area (Å²) in [5.74, 6) is -0.314. The zero-order valence-electron chi connectivity index (χ0n) is 23.8. The molecule has 218 valence electrons. The molecule has 2 aliphatic rings. The number of benzene rings is 3. The molecule has 0 aliphatic carbocycles. The number of nitrogens with zero attached hydrogens (tertiary/aromatic N) is 3. The van der Waals surface area contributed by atoms with Gasteiger partial charge in [0.15, 0.2) is 6.29 Å². The second kappa shape index (κ2) is 13.5. The van der Waals surface area contributed by atoms with E-state index in [1.807, 2.05) is 72.8 Å². The average Bonchev–Trinajstić information content (AvgIpc) is 3.02. The quantitative estimate of drug-likeness (QED) is 0.276. The first-order chi connectivity index (χ1) is 20.6. The number of nitrogens with one attached hydrogen (secondary N) is 1. The zero-order chi connectivity index (χ0) is 28.7. The molecule has 0 unspecified atom stereocenters. The highest BCUT2D eigenvalue weighted by Gasteiger charge is 2.33. The van der Waals surface area contributed by atoms with Gasteiger partial charge < -0.3 is 24.8 Å². The summed E-state index contributed by atoms with van der Waals surface area (Å²) in [6, 6.07) is 23.1. The zero-order valence-corrected chi connectivity index (χ0v) is 23.8. The van der Waals surface area contributed by atoms with Crippen molar-refractivity contribution in [2.75, 3.05) is 25.0 Å². The van der Waals surface area contributed by atoms with Crippen molar-refractivity contribution in [1.29, 1.82) is 0 Å². The lowest BCUT2D eigenvalue weighted by molar-refractivity contribution is -0.253. The van der Waals surface area contributed by atoms with Crippen LogP contribution >= 0.6 is 0 Å². The van der Waals surface area contributed by atoms with Crippen LogP contribution in [0.25, 0.3) is 11.0 Å². The molecule has 0 radical (unpaired) electrons. The Morgan fingerprint density at radius 3 is 2.29 bits per heavy atom.